The number of thiazole rings is 1. The van der Waals surface area contributed by atoms with Crippen LogP contribution in [0.4, 0.5) is 19.0 Å². The Kier molecular flexibility index (Phi) is 3.80. The zero-order valence-corrected chi connectivity index (χ0v) is 11.5. The van der Waals surface area contributed by atoms with E-state index in [1.54, 1.807) is 12.3 Å². The van der Waals surface area contributed by atoms with E-state index in [2.05, 4.69) is 15.4 Å². The molecule has 0 radical (unpaired) electrons. The van der Waals surface area contributed by atoms with E-state index >= 15 is 0 Å². The largest absolute Gasteiger partial charge is 0.433 e. The van der Waals surface area contributed by atoms with Crippen molar-refractivity contribution in [1.29, 1.82) is 0 Å². The van der Waals surface area contributed by atoms with Gasteiger partial charge in [-0.05, 0) is 6.92 Å². The lowest BCUT2D eigenvalue weighted by atomic mass is 10.3. The van der Waals surface area contributed by atoms with Crippen molar-refractivity contribution < 1.29 is 18.0 Å². The highest BCUT2D eigenvalue weighted by Gasteiger charge is 2.35. The summed E-state index contributed by atoms with van der Waals surface area (Å²) >= 11 is 1.40. The molecule has 0 saturated carbocycles. The number of rotatable bonds is 3. The maximum atomic E-state index is 12.6. The molecule has 0 atom stereocenters. The van der Waals surface area contributed by atoms with Crippen LogP contribution in [0, 0.1) is 6.92 Å². The molecule has 1 N–H and O–H groups in total. The molecule has 9 heteroatoms. The molecule has 0 unspecified atom stereocenters. The maximum Gasteiger partial charge on any atom is 0.433 e. The molecule has 0 aliphatic rings. The molecule has 2 aromatic heterocycles. The summed E-state index contributed by atoms with van der Waals surface area (Å²) in [6.07, 6.45) is -4.50. The average molecular weight is 304 g/mol. The second kappa shape index (κ2) is 5.23. The monoisotopic (exact) mass is 304 g/mol. The smallest absolute Gasteiger partial charge is 0.309 e. The molecule has 2 aromatic rings. The van der Waals surface area contributed by atoms with Gasteiger partial charge in [-0.25, -0.2) is 4.98 Å². The first-order valence-corrected chi connectivity index (χ1v) is 6.46. The van der Waals surface area contributed by atoms with E-state index in [0.29, 0.717) is 10.4 Å². The van der Waals surface area contributed by atoms with E-state index in [9.17, 15) is 18.0 Å². The van der Waals surface area contributed by atoms with E-state index in [1.807, 2.05) is 0 Å². The molecule has 2 rings (SSSR count). The van der Waals surface area contributed by atoms with Gasteiger partial charge in [0.1, 0.15) is 5.69 Å². The summed E-state index contributed by atoms with van der Waals surface area (Å²) in [4.78, 5) is 15.8. The Morgan fingerprint density at radius 1 is 1.50 bits per heavy atom. The number of aryl methyl sites for hydroxylation is 2. The number of nitrogens with one attached hydrogen (secondary N) is 1. The van der Waals surface area contributed by atoms with Crippen LogP contribution >= 0.6 is 11.3 Å². The normalized spacial score (nSPS) is 11.7. The van der Waals surface area contributed by atoms with Gasteiger partial charge in [-0.3, -0.25) is 9.48 Å². The standard InChI is InChI=1S/C11H11F3N4OS/c1-6-15-7(5-20-6)3-10(19)16-9-4-8(11(12,13)14)18(2)17-9/h4-5H,3H2,1-2H3,(H,16,17,19). The molecule has 0 aliphatic heterocycles. The van der Waals surface area contributed by atoms with E-state index < -0.39 is 17.8 Å². The van der Waals surface area contributed by atoms with Crippen molar-refractivity contribution in [1.82, 2.24) is 14.8 Å². The maximum absolute atomic E-state index is 12.6. The predicted octanol–water partition coefficient (Wildman–Crippen LogP) is 2.39. The summed E-state index contributed by atoms with van der Waals surface area (Å²) in [6.45, 7) is 1.81. The average Bonchev–Trinajstić information content (AvgIpc) is 2.84. The first-order valence-electron chi connectivity index (χ1n) is 5.58. The predicted molar refractivity (Wildman–Crippen MR) is 67.4 cm³/mol. The lowest BCUT2D eigenvalue weighted by molar-refractivity contribution is -0.143. The zero-order chi connectivity index (χ0) is 14.9. The van der Waals surface area contributed by atoms with Gasteiger partial charge in [0, 0.05) is 18.5 Å². The molecule has 0 saturated heterocycles. The third-order valence-corrected chi connectivity index (χ3v) is 3.27. The zero-order valence-electron chi connectivity index (χ0n) is 10.7. The summed E-state index contributed by atoms with van der Waals surface area (Å²) in [5, 5.41) is 8.49. The molecule has 0 fully saturated rings. The second-order valence-electron chi connectivity index (χ2n) is 4.12. The Morgan fingerprint density at radius 3 is 2.70 bits per heavy atom. The van der Waals surface area contributed by atoms with Crippen molar-refractivity contribution >= 4 is 23.1 Å². The lowest BCUT2D eigenvalue weighted by Crippen LogP contribution is -2.15. The van der Waals surface area contributed by atoms with Crippen LogP contribution in [0.1, 0.15) is 16.4 Å². The summed E-state index contributed by atoms with van der Waals surface area (Å²) < 4.78 is 38.4. The first-order chi connectivity index (χ1) is 9.25. The first kappa shape index (κ1) is 14.5. The Morgan fingerprint density at radius 2 is 2.20 bits per heavy atom. The minimum Gasteiger partial charge on any atom is -0.309 e. The Hall–Kier alpha value is -1.90. The Bertz CT molecular complexity index is 632. The number of hydrogen-bond donors (Lipinski definition) is 1. The minimum atomic E-state index is -4.50. The Balaban J connectivity index is 2.05. The summed E-state index contributed by atoms with van der Waals surface area (Å²) in [5.41, 5.74) is -0.339. The fraction of sp³-hybridized carbons (Fsp3) is 0.364. The number of carbonyl (C=O) groups excluding carboxylic acids is 1. The van der Waals surface area contributed by atoms with E-state index in [0.717, 1.165) is 11.1 Å². The van der Waals surface area contributed by atoms with E-state index in [-0.39, 0.29) is 12.2 Å². The fourth-order valence-corrected chi connectivity index (χ4v) is 2.25. The molecule has 0 aliphatic carbocycles. The van der Waals surface area contributed by atoms with Crippen molar-refractivity contribution in [3.63, 3.8) is 0 Å². The van der Waals surface area contributed by atoms with Crippen molar-refractivity contribution in [2.45, 2.75) is 19.5 Å². The van der Waals surface area contributed by atoms with Gasteiger partial charge < -0.3 is 5.32 Å². The van der Waals surface area contributed by atoms with E-state index in [4.69, 9.17) is 0 Å². The molecule has 1 amide bonds. The molecule has 20 heavy (non-hydrogen) atoms. The summed E-state index contributed by atoms with van der Waals surface area (Å²) in [7, 11) is 1.17. The van der Waals surface area contributed by atoms with Crippen LogP contribution < -0.4 is 5.32 Å². The van der Waals surface area contributed by atoms with Crippen molar-refractivity contribution in [2.75, 3.05) is 5.32 Å². The number of anilines is 1. The van der Waals surface area contributed by atoms with Gasteiger partial charge in [0.05, 0.1) is 17.1 Å². The topological polar surface area (TPSA) is 59.8 Å². The Labute approximate surface area is 116 Å². The van der Waals surface area contributed by atoms with Crippen LogP contribution in [0.5, 0.6) is 0 Å². The number of halogens is 3. The van der Waals surface area contributed by atoms with Gasteiger partial charge >= 0.3 is 6.18 Å². The highest BCUT2D eigenvalue weighted by molar-refractivity contribution is 7.09. The number of carbonyl (C=O) groups is 1. The van der Waals surface area contributed by atoms with Gasteiger partial charge in [-0.2, -0.15) is 18.3 Å². The van der Waals surface area contributed by atoms with Crippen molar-refractivity contribution in [3.05, 3.63) is 27.8 Å². The van der Waals surface area contributed by atoms with E-state index in [1.165, 1.54) is 18.4 Å². The number of alkyl halides is 3. The highest BCUT2D eigenvalue weighted by Crippen LogP contribution is 2.30. The molecule has 0 spiro atoms. The van der Waals surface area contributed by atoms with Gasteiger partial charge in [0.15, 0.2) is 5.82 Å². The molecule has 0 aromatic carbocycles. The minimum absolute atomic E-state index is 0.00225. The van der Waals surface area contributed by atoms with Gasteiger partial charge in [-0.15, -0.1) is 11.3 Å². The molecular weight excluding hydrogens is 293 g/mol. The van der Waals surface area contributed by atoms with Crippen molar-refractivity contribution in [3.8, 4) is 0 Å². The van der Waals surface area contributed by atoms with Gasteiger partial charge in [0.25, 0.3) is 0 Å². The quantitative estimate of drug-likeness (QED) is 0.947. The highest BCUT2D eigenvalue weighted by atomic mass is 32.1. The lowest BCUT2D eigenvalue weighted by Gasteiger charge is -2.04. The van der Waals surface area contributed by atoms with Crippen LogP contribution in [0.25, 0.3) is 0 Å². The van der Waals surface area contributed by atoms with Crippen LogP contribution in [-0.2, 0) is 24.4 Å². The number of aromatic nitrogens is 3. The number of nitrogens with zero attached hydrogens (tertiary/aromatic N) is 3. The van der Waals surface area contributed by atoms with Crippen LogP contribution in [0.15, 0.2) is 11.4 Å². The summed E-state index contributed by atoms with van der Waals surface area (Å²) in [5.74, 6) is -0.584. The molecular formula is C11H11F3N4OS. The summed E-state index contributed by atoms with van der Waals surface area (Å²) in [6, 6.07) is 0.796. The molecule has 0 bridgehead atoms. The fourth-order valence-electron chi connectivity index (χ4n) is 1.63. The third kappa shape index (κ3) is 3.35. The molecule has 5 nitrogen and oxygen atoms in total. The number of hydrogen-bond acceptors (Lipinski definition) is 4. The molecule has 2 heterocycles. The van der Waals surface area contributed by atoms with Crippen molar-refractivity contribution in [2.24, 2.45) is 7.05 Å². The van der Waals surface area contributed by atoms with Crippen LogP contribution in [0.3, 0.4) is 0 Å². The van der Waals surface area contributed by atoms with Gasteiger partial charge in [-0.1, -0.05) is 0 Å². The van der Waals surface area contributed by atoms with Gasteiger partial charge in [0.2, 0.25) is 5.91 Å². The number of amides is 1. The molecule has 108 valence electrons. The third-order valence-electron chi connectivity index (χ3n) is 2.45. The van der Waals surface area contributed by atoms with Crippen LogP contribution in [0.2, 0.25) is 0 Å². The second-order valence-corrected chi connectivity index (χ2v) is 5.18. The SMILES string of the molecule is Cc1nc(CC(=O)Nc2cc(C(F)(F)F)n(C)n2)cs1. The van der Waals surface area contributed by atoms with Crippen LogP contribution in [-0.4, -0.2) is 20.7 Å².